The monoisotopic (exact) mass is 472 g/mol. The summed E-state index contributed by atoms with van der Waals surface area (Å²) in [4.78, 5) is 23.2. The summed E-state index contributed by atoms with van der Waals surface area (Å²) in [5.74, 6) is -2.68. The molecule has 0 fully saturated rings. The van der Waals surface area contributed by atoms with Crippen LogP contribution in [0.2, 0.25) is 0 Å². The Hall–Kier alpha value is -2.51. The molecule has 0 bridgehead atoms. The topological polar surface area (TPSA) is 182 Å². The van der Waals surface area contributed by atoms with Crippen LogP contribution in [0.5, 0.6) is 0 Å². The summed E-state index contributed by atoms with van der Waals surface area (Å²) in [6.45, 7) is 4.16. The van der Waals surface area contributed by atoms with Gasteiger partial charge < -0.3 is 30.5 Å². The molecule has 6 N–H and O–H groups in total. The molecular formula is C20H28N2O9S. The van der Waals surface area contributed by atoms with E-state index < -0.39 is 64.7 Å². The summed E-state index contributed by atoms with van der Waals surface area (Å²) in [6.07, 6.45) is -4.19. The average Bonchev–Trinajstić information content (AvgIpc) is 2.73. The Morgan fingerprint density at radius 2 is 1.75 bits per heavy atom. The number of carboxylic acids is 1. The smallest absolute Gasteiger partial charge is 0.370 e. The SMILES string of the molecule is CC(=O)N[C@H]1[C@H]([C@H](O)C(O)CO)OC(C(=O)O)=C[C@@H]1NS(=O)(=O)c1ccc(C(C)C)cc1. The van der Waals surface area contributed by atoms with Crippen LogP contribution in [-0.2, 0) is 24.3 Å². The number of benzene rings is 1. The van der Waals surface area contributed by atoms with E-state index in [2.05, 4.69) is 10.0 Å². The summed E-state index contributed by atoms with van der Waals surface area (Å²) in [7, 11) is -4.18. The van der Waals surface area contributed by atoms with Crippen molar-refractivity contribution < 1.29 is 43.2 Å². The zero-order valence-electron chi connectivity index (χ0n) is 17.8. The number of hydrogen-bond donors (Lipinski definition) is 6. The first-order chi connectivity index (χ1) is 14.9. The van der Waals surface area contributed by atoms with Gasteiger partial charge in [0.25, 0.3) is 0 Å². The molecule has 1 aromatic carbocycles. The Morgan fingerprint density at radius 3 is 2.22 bits per heavy atom. The van der Waals surface area contributed by atoms with Crippen molar-refractivity contribution in [3.05, 3.63) is 41.7 Å². The quantitative estimate of drug-likeness (QED) is 0.264. The van der Waals surface area contributed by atoms with E-state index in [1.54, 1.807) is 12.1 Å². The van der Waals surface area contributed by atoms with Gasteiger partial charge in [0.15, 0.2) is 0 Å². The van der Waals surface area contributed by atoms with Gasteiger partial charge in [-0.2, -0.15) is 0 Å². The molecule has 0 aliphatic carbocycles. The van der Waals surface area contributed by atoms with Gasteiger partial charge in [-0.05, 0) is 29.7 Å². The summed E-state index contributed by atoms with van der Waals surface area (Å²) in [5.41, 5.74) is 0.917. The molecule has 1 unspecified atom stereocenters. The minimum absolute atomic E-state index is 0.0901. The van der Waals surface area contributed by atoms with Gasteiger partial charge >= 0.3 is 5.97 Å². The highest BCUT2D eigenvalue weighted by Gasteiger charge is 2.44. The first-order valence-corrected chi connectivity index (χ1v) is 11.3. The van der Waals surface area contributed by atoms with E-state index in [0.29, 0.717) is 0 Å². The van der Waals surface area contributed by atoms with E-state index in [-0.39, 0.29) is 10.8 Å². The van der Waals surface area contributed by atoms with Gasteiger partial charge in [-0.1, -0.05) is 26.0 Å². The fourth-order valence-corrected chi connectivity index (χ4v) is 4.46. The van der Waals surface area contributed by atoms with Crippen molar-refractivity contribution in [2.75, 3.05) is 6.61 Å². The van der Waals surface area contributed by atoms with E-state index >= 15 is 0 Å². The number of amides is 1. The van der Waals surface area contributed by atoms with Crippen molar-refractivity contribution in [3.8, 4) is 0 Å². The fourth-order valence-electron chi connectivity index (χ4n) is 3.25. The number of hydrogen-bond acceptors (Lipinski definition) is 8. The largest absolute Gasteiger partial charge is 0.478 e. The van der Waals surface area contributed by atoms with Crippen molar-refractivity contribution in [2.45, 2.75) is 62.0 Å². The number of nitrogens with one attached hydrogen (secondary N) is 2. The molecule has 1 aliphatic heterocycles. The molecule has 1 aromatic rings. The van der Waals surface area contributed by atoms with Gasteiger partial charge in [-0.25, -0.2) is 17.9 Å². The second-order valence-electron chi connectivity index (χ2n) is 7.76. The van der Waals surface area contributed by atoms with Crippen LogP contribution in [0, 0.1) is 0 Å². The van der Waals surface area contributed by atoms with Crippen LogP contribution in [0.3, 0.4) is 0 Å². The van der Waals surface area contributed by atoms with Gasteiger partial charge in [-0.15, -0.1) is 0 Å². The number of aliphatic carboxylic acids is 1. The second-order valence-corrected chi connectivity index (χ2v) is 9.47. The summed E-state index contributed by atoms with van der Waals surface area (Å²) in [6, 6.07) is 3.45. The van der Waals surface area contributed by atoms with Gasteiger partial charge in [0, 0.05) is 6.92 Å². The van der Waals surface area contributed by atoms with Crippen LogP contribution in [0.25, 0.3) is 0 Å². The highest BCUT2D eigenvalue weighted by molar-refractivity contribution is 7.89. The molecule has 11 nitrogen and oxygen atoms in total. The molecule has 12 heteroatoms. The molecule has 0 aromatic heterocycles. The third kappa shape index (κ3) is 6.04. The number of carboxylic acid groups (broad SMARTS) is 1. The molecular weight excluding hydrogens is 444 g/mol. The summed E-state index contributed by atoms with van der Waals surface area (Å²) >= 11 is 0. The van der Waals surface area contributed by atoms with E-state index in [4.69, 9.17) is 9.84 Å². The van der Waals surface area contributed by atoms with Crippen LogP contribution in [0.15, 0.2) is 41.0 Å². The molecule has 1 amide bonds. The van der Waals surface area contributed by atoms with Crippen LogP contribution in [0.4, 0.5) is 0 Å². The molecule has 178 valence electrons. The first-order valence-electron chi connectivity index (χ1n) is 9.85. The molecule has 0 saturated carbocycles. The Balaban J connectivity index is 2.46. The van der Waals surface area contributed by atoms with Crippen molar-refractivity contribution in [1.29, 1.82) is 0 Å². The Morgan fingerprint density at radius 1 is 1.16 bits per heavy atom. The van der Waals surface area contributed by atoms with Gasteiger partial charge in [0.05, 0.1) is 23.6 Å². The Labute approximate surface area is 185 Å². The minimum Gasteiger partial charge on any atom is -0.478 e. The van der Waals surface area contributed by atoms with Gasteiger partial charge in [0.2, 0.25) is 21.7 Å². The standard InChI is InChI=1S/C20H28N2O9S/c1-10(2)12-4-6-13(7-5-12)32(29,30)22-14-8-16(20(27)28)31-19(17(14)21-11(3)24)18(26)15(25)9-23/h4-8,10,14-15,17-19,22-23,25-26H,9H2,1-3H3,(H,21,24)(H,27,28)/t14-,15?,17+,18+,19+/m0/s1. The van der Waals surface area contributed by atoms with Crippen molar-refractivity contribution >= 4 is 21.9 Å². The van der Waals surface area contributed by atoms with Crippen LogP contribution < -0.4 is 10.0 Å². The maximum atomic E-state index is 13.0. The van der Waals surface area contributed by atoms with E-state index in [9.17, 15) is 33.3 Å². The molecule has 1 heterocycles. The predicted molar refractivity (Wildman–Crippen MR) is 112 cm³/mol. The normalized spacial score (nSPS) is 23.1. The third-order valence-corrected chi connectivity index (χ3v) is 6.46. The number of carbonyl (C=O) groups is 2. The van der Waals surface area contributed by atoms with Crippen LogP contribution in [-0.4, -0.2) is 77.7 Å². The highest BCUT2D eigenvalue weighted by atomic mass is 32.2. The number of carbonyl (C=O) groups excluding carboxylic acids is 1. The van der Waals surface area contributed by atoms with E-state index in [1.165, 1.54) is 12.1 Å². The van der Waals surface area contributed by atoms with Gasteiger partial charge in [-0.3, -0.25) is 4.79 Å². The lowest BCUT2D eigenvalue weighted by Gasteiger charge is -2.39. The highest BCUT2D eigenvalue weighted by Crippen LogP contribution is 2.25. The third-order valence-electron chi connectivity index (χ3n) is 4.98. The van der Waals surface area contributed by atoms with Crippen molar-refractivity contribution in [2.24, 2.45) is 0 Å². The molecule has 2 rings (SSSR count). The second kappa shape index (κ2) is 10.4. The lowest BCUT2D eigenvalue weighted by atomic mass is 9.92. The number of aliphatic hydroxyl groups excluding tert-OH is 3. The first kappa shape index (κ1) is 25.7. The average molecular weight is 473 g/mol. The zero-order chi connectivity index (χ0) is 24.2. The Kier molecular flexibility index (Phi) is 8.37. The van der Waals surface area contributed by atoms with Gasteiger partial charge in [0.1, 0.15) is 18.3 Å². The van der Waals surface area contributed by atoms with Crippen LogP contribution >= 0.6 is 0 Å². The van der Waals surface area contributed by atoms with E-state index in [0.717, 1.165) is 18.6 Å². The number of aliphatic hydroxyl groups is 3. The number of rotatable bonds is 9. The molecule has 5 atom stereocenters. The van der Waals surface area contributed by atoms with Crippen molar-refractivity contribution in [1.82, 2.24) is 10.0 Å². The maximum Gasteiger partial charge on any atom is 0.370 e. The maximum absolute atomic E-state index is 13.0. The zero-order valence-corrected chi connectivity index (χ0v) is 18.6. The molecule has 0 spiro atoms. The minimum atomic E-state index is -4.18. The van der Waals surface area contributed by atoms with Crippen LogP contribution in [0.1, 0.15) is 32.3 Å². The number of ether oxygens (including phenoxy) is 1. The predicted octanol–water partition coefficient (Wildman–Crippen LogP) is -0.957. The summed E-state index contributed by atoms with van der Waals surface area (Å²) < 4.78 is 33.5. The summed E-state index contributed by atoms with van der Waals surface area (Å²) in [5, 5.41) is 41.1. The molecule has 0 radical (unpaired) electrons. The number of sulfonamides is 1. The molecule has 32 heavy (non-hydrogen) atoms. The lowest BCUT2D eigenvalue weighted by Crippen LogP contribution is -2.63. The Bertz CT molecular complexity index is 960. The van der Waals surface area contributed by atoms with Crippen molar-refractivity contribution in [3.63, 3.8) is 0 Å². The van der Waals surface area contributed by atoms with E-state index in [1.807, 2.05) is 13.8 Å². The lowest BCUT2D eigenvalue weighted by molar-refractivity contribution is -0.146. The molecule has 1 aliphatic rings. The molecule has 0 saturated heterocycles. The fraction of sp³-hybridized carbons (Fsp3) is 0.500.